The summed E-state index contributed by atoms with van der Waals surface area (Å²) in [4.78, 5) is 43.1. The lowest BCUT2D eigenvalue weighted by Crippen LogP contribution is -2.57. The van der Waals surface area contributed by atoms with Gasteiger partial charge in [0.25, 0.3) is 5.91 Å². The number of benzene rings is 2. The molecule has 0 bridgehead atoms. The van der Waals surface area contributed by atoms with Crippen molar-refractivity contribution >= 4 is 23.6 Å². The fraction of sp³-hybridized carbons (Fsp3) is 0.531. The van der Waals surface area contributed by atoms with Crippen LogP contribution in [-0.2, 0) is 14.3 Å². The SMILES string of the molecule is COc1ccc(NC(=O)C(c2cc(C)ccc2C)N(C(=O)C(CC(C)C)NC(=O)OC(C)(C)C)C2CCC2)cc1. The van der Waals surface area contributed by atoms with Gasteiger partial charge < -0.3 is 25.0 Å². The molecule has 0 aliphatic heterocycles. The number of aryl methyl sites for hydroxylation is 2. The van der Waals surface area contributed by atoms with Gasteiger partial charge in [0, 0.05) is 11.7 Å². The van der Waals surface area contributed by atoms with Gasteiger partial charge in [-0.1, -0.05) is 37.6 Å². The summed E-state index contributed by atoms with van der Waals surface area (Å²) < 4.78 is 10.7. The van der Waals surface area contributed by atoms with Gasteiger partial charge in [-0.25, -0.2) is 4.79 Å². The highest BCUT2D eigenvalue weighted by Gasteiger charge is 2.42. The van der Waals surface area contributed by atoms with Crippen LogP contribution in [0, 0.1) is 19.8 Å². The molecule has 3 amide bonds. The Labute approximate surface area is 238 Å². The summed E-state index contributed by atoms with van der Waals surface area (Å²) >= 11 is 0. The summed E-state index contributed by atoms with van der Waals surface area (Å²) in [6, 6.07) is 11.2. The molecular formula is C32H45N3O5. The molecule has 218 valence electrons. The molecule has 0 spiro atoms. The summed E-state index contributed by atoms with van der Waals surface area (Å²) in [6.07, 6.45) is 2.34. The molecule has 0 radical (unpaired) electrons. The van der Waals surface area contributed by atoms with Gasteiger partial charge in [-0.3, -0.25) is 9.59 Å². The molecule has 1 saturated carbocycles. The molecule has 1 fully saturated rings. The van der Waals surface area contributed by atoms with Crippen molar-refractivity contribution in [1.29, 1.82) is 0 Å². The summed E-state index contributed by atoms with van der Waals surface area (Å²) in [6.45, 7) is 13.3. The average Bonchev–Trinajstić information content (AvgIpc) is 2.82. The van der Waals surface area contributed by atoms with Gasteiger partial charge in [-0.05, 0) is 102 Å². The second kappa shape index (κ2) is 13.2. The molecule has 8 heteroatoms. The van der Waals surface area contributed by atoms with Crippen LogP contribution in [0.3, 0.4) is 0 Å². The molecular weight excluding hydrogens is 506 g/mol. The number of hydrogen-bond donors (Lipinski definition) is 2. The van der Waals surface area contributed by atoms with E-state index in [1.165, 1.54) is 0 Å². The van der Waals surface area contributed by atoms with Crippen molar-refractivity contribution in [1.82, 2.24) is 10.2 Å². The second-order valence-electron chi connectivity index (χ2n) is 12.1. The lowest BCUT2D eigenvalue weighted by molar-refractivity contribution is -0.146. The highest BCUT2D eigenvalue weighted by Crippen LogP contribution is 2.36. The topological polar surface area (TPSA) is 97.0 Å². The number of carbonyl (C=O) groups is 3. The van der Waals surface area contributed by atoms with E-state index in [-0.39, 0.29) is 23.8 Å². The third-order valence-corrected chi connectivity index (χ3v) is 7.03. The summed E-state index contributed by atoms with van der Waals surface area (Å²) in [5.74, 6) is 0.222. The van der Waals surface area contributed by atoms with E-state index < -0.39 is 23.8 Å². The van der Waals surface area contributed by atoms with Gasteiger partial charge in [0.1, 0.15) is 23.4 Å². The zero-order chi connectivity index (χ0) is 29.6. The van der Waals surface area contributed by atoms with Crippen molar-refractivity contribution in [3.63, 3.8) is 0 Å². The first-order chi connectivity index (χ1) is 18.8. The molecule has 2 unspecified atom stereocenters. The van der Waals surface area contributed by atoms with Gasteiger partial charge in [0.15, 0.2) is 0 Å². The number of anilines is 1. The van der Waals surface area contributed by atoms with Crippen LogP contribution < -0.4 is 15.4 Å². The van der Waals surface area contributed by atoms with E-state index >= 15 is 0 Å². The van der Waals surface area contributed by atoms with E-state index in [2.05, 4.69) is 10.6 Å². The van der Waals surface area contributed by atoms with E-state index in [4.69, 9.17) is 9.47 Å². The van der Waals surface area contributed by atoms with Gasteiger partial charge in [-0.2, -0.15) is 0 Å². The van der Waals surface area contributed by atoms with Crippen LogP contribution in [0.25, 0.3) is 0 Å². The Hall–Kier alpha value is -3.55. The average molecular weight is 552 g/mol. The van der Waals surface area contributed by atoms with Crippen LogP contribution in [0.2, 0.25) is 0 Å². The molecule has 40 heavy (non-hydrogen) atoms. The molecule has 2 aromatic rings. The van der Waals surface area contributed by atoms with Crippen molar-refractivity contribution in [3.05, 3.63) is 59.2 Å². The molecule has 2 atom stereocenters. The first kappa shape index (κ1) is 31.0. The number of ether oxygens (including phenoxy) is 2. The molecule has 1 aliphatic rings. The number of nitrogens with one attached hydrogen (secondary N) is 2. The maximum atomic E-state index is 14.4. The van der Waals surface area contributed by atoms with Crippen LogP contribution in [-0.4, -0.2) is 47.6 Å². The molecule has 0 saturated heterocycles. The highest BCUT2D eigenvalue weighted by atomic mass is 16.6. The maximum Gasteiger partial charge on any atom is 0.408 e. The van der Waals surface area contributed by atoms with Gasteiger partial charge in [0.05, 0.1) is 7.11 Å². The number of nitrogens with zero attached hydrogens (tertiary/aromatic N) is 1. The molecule has 2 N–H and O–H groups in total. The van der Waals surface area contributed by atoms with Crippen molar-refractivity contribution in [3.8, 4) is 5.75 Å². The Morgan fingerprint density at radius 3 is 2.20 bits per heavy atom. The number of carbonyl (C=O) groups excluding carboxylic acids is 3. The predicted molar refractivity (Wildman–Crippen MR) is 157 cm³/mol. The Morgan fingerprint density at radius 2 is 1.68 bits per heavy atom. The number of hydrogen-bond acceptors (Lipinski definition) is 5. The Bertz CT molecular complexity index is 1180. The van der Waals surface area contributed by atoms with Crippen molar-refractivity contribution < 1.29 is 23.9 Å². The predicted octanol–water partition coefficient (Wildman–Crippen LogP) is 6.31. The summed E-state index contributed by atoms with van der Waals surface area (Å²) in [5, 5.41) is 5.85. The van der Waals surface area contributed by atoms with E-state index in [1.54, 1.807) is 57.0 Å². The molecule has 1 aliphatic carbocycles. The lowest BCUT2D eigenvalue weighted by Gasteiger charge is -2.44. The third kappa shape index (κ3) is 8.23. The second-order valence-corrected chi connectivity index (χ2v) is 12.1. The Kier molecular flexibility index (Phi) is 10.2. The molecule has 0 aromatic heterocycles. The van der Waals surface area contributed by atoms with E-state index in [0.717, 1.165) is 36.0 Å². The lowest BCUT2D eigenvalue weighted by atomic mass is 9.86. The minimum absolute atomic E-state index is 0.117. The van der Waals surface area contributed by atoms with E-state index in [9.17, 15) is 14.4 Å². The third-order valence-electron chi connectivity index (χ3n) is 7.03. The standard InChI is InChI=1S/C32H45N3O5/c1-20(2)18-27(34-31(38)40-32(5,6)7)30(37)35(24-10-9-11-24)28(26-19-21(3)12-13-22(26)4)29(36)33-23-14-16-25(39-8)17-15-23/h12-17,19-20,24,27-28H,9-11,18H2,1-8H3,(H,33,36)(H,34,38). The quantitative estimate of drug-likeness (QED) is 0.361. The fourth-order valence-corrected chi connectivity index (χ4v) is 4.86. The van der Waals surface area contributed by atoms with E-state index in [0.29, 0.717) is 17.9 Å². The first-order valence-corrected chi connectivity index (χ1v) is 14.1. The van der Waals surface area contributed by atoms with E-state index in [1.807, 2.05) is 45.9 Å². The van der Waals surface area contributed by atoms with Crippen molar-refractivity contribution in [2.75, 3.05) is 12.4 Å². The molecule has 2 aromatic carbocycles. The summed E-state index contributed by atoms with van der Waals surface area (Å²) in [5.41, 5.74) is 2.58. The van der Waals surface area contributed by atoms with Crippen LogP contribution in [0.15, 0.2) is 42.5 Å². The monoisotopic (exact) mass is 551 g/mol. The van der Waals surface area contributed by atoms with Crippen molar-refractivity contribution in [2.45, 2.75) is 97.9 Å². The largest absolute Gasteiger partial charge is 0.497 e. The Morgan fingerprint density at radius 1 is 1.02 bits per heavy atom. The molecule has 8 nitrogen and oxygen atoms in total. The number of rotatable bonds is 10. The van der Waals surface area contributed by atoms with Crippen LogP contribution in [0.1, 0.15) is 83.0 Å². The van der Waals surface area contributed by atoms with Crippen LogP contribution in [0.4, 0.5) is 10.5 Å². The minimum atomic E-state index is -0.880. The van der Waals surface area contributed by atoms with Gasteiger partial charge in [0.2, 0.25) is 5.91 Å². The highest BCUT2D eigenvalue weighted by molar-refractivity contribution is 5.99. The first-order valence-electron chi connectivity index (χ1n) is 14.1. The van der Waals surface area contributed by atoms with Gasteiger partial charge in [-0.15, -0.1) is 0 Å². The van der Waals surface area contributed by atoms with Crippen LogP contribution in [0.5, 0.6) is 5.75 Å². The number of alkyl carbamates (subject to hydrolysis) is 1. The van der Waals surface area contributed by atoms with Crippen LogP contribution >= 0.6 is 0 Å². The normalized spacial score (nSPS) is 15.0. The zero-order valence-electron chi connectivity index (χ0n) is 25.2. The van der Waals surface area contributed by atoms with Gasteiger partial charge >= 0.3 is 6.09 Å². The Balaban J connectivity index is 2.05. The molecule has 3 rings (SSSR count). The maximum absolute atomic E-state index is 14.4. The molecule has 0 heterocycles. The number of methoxy groups -OCH3 is 1. The number of amides is 3. The fourth-order valence-electron chi connectivity index (χ4n) is 4.86. The minimum Gasteiger partial charge on any atom is -0.497 e. The smallest absolute Gasteiger partial charge is 0.408 e. The van der Waals surface area contributed by atoms with Crippen molar-refractivity contribution in [2.24, 2.45) is 5.92 Å². The zero-order valence-corrected chi connectivity index (χ0v) is 25.2. The summed E-state index contributed by atoms with van der Waals surface area (Å²) in [7, 11) is 1.59.